The van der Waals surface area contributed by atoms with E-state index in [9.17, 15) is 13.2 Å². The van der Waals surface area contributed by atoms with Crippen molar-refractivity contribution in [2.75, 3.05) is 4.72 Å². The van der Waals surface area contributed by atoms with E-state index in [0.717, 1.165) is 23.5 Å². The maximum absolute atomic E-state index is 13.1. The van der Waals surface area contributed by atoms with Crippen LogP contribution >= 0.6 is 0 Å². The minimum atomic E-state index is -3.80. The molecule has 0 saturated heterocycles. The van der Waals surface area contributed by atoms with Crippen LogP contribution in [-0.2, 0) is 10.0 Å². The molecule has 2 bridgehead atoms. The van der Waals surface area contributed by atoms with E-state index < -0.39 is 10.0 Å². The number of anilines is 1. The van der Waals surface area contributed by atoms with Crippen LogP contribution in [0.4, 0.5) is 5.69 Å². The standard InChI is InChI=1S/C23H28N2O3S/c1-14-4-5-15(2)20(10-14)25-29(27,28)22-13-19(8-6-16(22)3)23(26)24-21-12-17-7-9-18(21)11-17/h4-6,8,10,13,17-18,21,25H,7,9,11-12H2,1-3H3,(H,24,26)/t17-,18+,21+/m1/s1. The summed E-state index contributed by atoms with van der Waals surface area (Å²) in [6.45, 7) is 5.53. The van der Waals surface area contributed by atoms with Gasteiger partial charge in [0.2, 0.25) is 0 Å². The average molecular weight is 413 g/mol. The zero-order chi connectivity index (χ0) is 20.8. The summed E-state index contributed by atoms with van der Waals surface area (Å²) in [5.74, 6) is 1.12. The summed E-state index contributed by atoms with van der Waals surface area (Å²) in [5, 5.41) is 3.14. The third-order valence-corrected chi connectivity index (χ3v) is 7.94. The SMILES string of the molecule is Cc1ccc(C)c(NS(=O)(=O)c2cc(C(=O)N[C@H]3C[C@@H]4CC[C@H]3C4)ccc2C)c1. The van der Waals surface area contributed by atoms with Gasteiger partial charge in [0.1, 0.15) is 0 Å². The van der Waals surface area contributed by atoms with Gasteiger partial charge in [0, 0.05) is 11.6 Å². The summed E-state index contributed by atoms with van der Waals surface area (Å²) in [4.78, 5) is 12.9. The summed E-state index contributed by atoms with van der Waals surface area (Å²) in [5.41, 5.74) is 3.38. The molecule has 2 fully saturated rings. The molecule has 2 saturated carbocycles. The van der Waals surface area contributed by atoms with Crippen molar-refractivity contribution in [3.8, 4) is 0 Å². The summed E-state index contributed by atoms with van der Waals surface area (Å²) < 4.78 is 28.8. The van der Waals surface area contributed by atoms with Crippen molar-refractivity contribution >= 4 is 21.6 Å². The molecule has 0 aromatic heterocycles. The Morgan fingerprint density at radius 2 is 1.72 bits per heavy atom. The van der Waals surface area contributed by atoms with Gasteiger partial charge in [0.05, 0.1) is 10.6 Å². The summed E-state index contributed by atoms with van der Waals surface area (Å²) in [7, 11) is -3.80. The van der Waals surface area contributed by atoms with Gasteiger partial charge in [-0.3, -0.25) is 9.52 Å². The molecule has 6 heteroatoms. The van der Waals surface area contributed by atoms with E-state index >= 15 is 0 Å². The molecule has 2 aromatic carbocycles. The molecule has 0 spiro atoms. The number of nitrogens with one attached hydrogen (secondary N) is 2. The van der Waals surface area contributed by atoms with Gasteiger partial charge >= 0.3 is 0 Å². The van der Waals surface area contributed by atoms with Crippen LogP contribution in [0.15, 0.2) is 41.3 Å². The number of carbonyl (C=O) groups is 1. The first-order chi connectivity index (χ1) is 13.7. The second kappa shape index (κ2) is 7.48. The molecule has 29 heavy (non-hydrogen) atoms. The first-order valence-corrected chi connectivity index (χ1v) is 11.7. The molecule has 2 aliphatic rings. The predicted molar refractivity (Wildman–Crippen MR) is 115 cm³/mol. The van der Waals surface area contributed by atoms with E-state index in [1.165, 1.54) is 25.3 Å². The van der Waals surface area contributed by atoms with Gasteiger partial charge in [-0.1, -0.05) is 24.6 Å². The fraction of sp³-hybridized carbons (Fsp3) is 0.435. The van der Waals surface area contributed by atoms with Crippen molar-refractivity contribution in [1.29, 1.82) is 0 Å². The number of rotatable bonds is 5. The van der Waals surface area contributed by atoms with Crippen LogP contribution in [-0.4, -0.2) is 20.4 Å². The maximum atomic E-state index is 13.1. The number of fused-ring (bicyclic) bond motifs is 2. The predicted octanol–water partition coefficient (Wildman–Crippen LogP) is 4.33. The minimum Gasteiger partial charge on any atom is -0.349 e. The maximum Gasteiger partial charge on any atom is 0.262 e. The lowest BCUT2D eigenvalue weighted by Crippen LogP contribution is -2.38. The molecule has 1 amide bonds. The van der Waals surface area contributed by atoms with Crippen molar-refractivity contribution in [1.82, 2.24) is 5.32 Å². The molecule has 4 rings (SSSR count). The van der Waals surface area contributed by atoms with Gasteiger partial charge in [-0.05, 0) is 86.8 Å². The molecular formula is C23H28N2O3S. The number of aryl methyl sites for hydroxylation is 3. The molecule has 0 aliphatic heterocycles. The molecule has 3 atom stereocenters. The van der Waals surface area contributed by atoms with Crippen molar-refractivity contribution in [2.24, 2.45) is 11.8 Å². The van der Waals surface area contributed by atoms with E-state index in [2.05, 4.69) is 10.0 Å². The van der Waals surface area contributed by atoms with Crippen LogP contribution in [0.3, 0.4) is 0 Å². The normalized spacial score (nSPS) is 23.2. The van der Waals surface area contributed by atoms with Crippen molar-refractivity contribution in [3.05, 3.63) is 58.7 Å². The number of amides is 1. The summed E-state index contributed by atoms with van der Waals surface area (Å²) >= 11 is 0. The second-order valence-electron chi connectivity index (χ2n) is 8.66. The van der Waals surface area contributed by atoms with Crippen LogP contribution in [0.25, 0.3) is 0 Å². The molecule has 5 nitrogen and oxygen atoms in total. The van der Waals surface area contributed by atoms with Gasteiger partial charge in [0.25, 0.3) is 15.9 Å². The zero-order valence-electron chi connectivity index (χ0n) is 17.2. The highest BCUT2D eigenvalue weighted by Crippen LogP contribution is 2.44. The van der Waals surface area contributed by atoms with E-state index in [4.69, 9.17) is 0 Å². The Morgan fingerprint density at radius 3 is 2.41 bits per heavy atom. The third-order valence-electron chi connectivity index (χ3n) is 6.43. The molecule has 0 unspecified atom stereocenters. The largest absolute Gasteiger partial charge is 0.349 e. The Hall–Kier alpha value is -2.34. The first kappa shape index (κ1) is 20.0. The minimum absolute atomic E-state index is 0.138. The molecular weight excluding hydrogens is 384 g/mol. The Kier molecular flexibility index (Phi) is 5.15. The van der Waals surface area contributed by atoms with Crippen molar-refractivity contribution < 1.29 is 13.2 Å². The van der Waals surface area contributed by atoms with E-state index in [0.29, 0.717) is 22.7 Å². The van der Waals surface area contributed by atoms with Crippen LogP contribution in [0.5, 0.6) is 0 Å². The van der Waals surface area contributed by atoms with Crippen LogP contribution in [0.2, 0.25) is 0 Å². The highest BCUT2D eigenvalue weighted by atomic mass is 32.2. The molecule has 2 N–H and O–H groups in total. The van der Waals surface area contributed by atoms with E-state index in [1.807, 2.05) is 32.0 Å². The monoisotopic (exact) mass is 412 g/mol. The Bertz CT molecular complexity index is 1060. The first-order valence-electron chi connectivity index (χ1n) is 10.2. The quantitative estimate of drug-likeness (QED) is 0.767. The molecule has 154 valence electrons. The van der Waals surface area contributed by atoms with Crippen LogP contribution < -0.4 is 10.0 Å². The fourth-order valence-electron chi connectivity index (χ4n) is 4.75. The van der Waals surface area contributed by atoms with E-state index in [-0.39, 0.29) is 16.8 Å². The Morgan fingerprint density at radius 1 is 0.966 bits per heavy atom. The van der Waals surface area contributed by atoms with Crippen LogP contribution in [0, 0.1) is 32.6 Å². The van der Waals surface area contributed by atoms with E-state index in [1.54, 1.807) is 19.1 Å². The van der Waals surface area contributed by atoms with Gasteiger partial charge in [-0.25, -0.2) is 8.42 Å². The Labute approximate surface area is 173 Å². The smallest absolute Gasteiger partial charge is 0.262 e. The van der Waals surface area contributed by atoms with Gasteiger partial charge in [-0.15, -0.1) is 0 Å². The van der Waals surface area contributed by atoms with Crippen molar-refractivity contribution in [3.63, 3.8) is 0 Å². The average Bonchev–Trinajstić information content (AvgIpc) is 3.27. The molecule has 2 aliphatic carbocycles. The fourth-order valence-corrected chi connectivity index (χ4v) is 6.14. The molecule has 0 heterocycles. The van der Waals surface area contributed by atoms with Crippen molar-refractivity contribution in [2.45, 2.75) is 57.4 Å². The molecule has 0 radical (unpaired) electrons. The number of sulfonamides is 1. The van der Waals surface area contributed by atoms with Gasteiger partial charge in [0.15, 0.2) is 0 Å². The van der Waals surface area contributed by atoms with Gasteiger partial charge in [-0.2, -0.15) is 0 Å². The molecule has 2 aromatic rings. The Balaban J connectivity index is 1.57. The number of benzene rings is 2. The highest BCUT2D eigenvalue weighted by Gasteiger charge is 2.40. The lowest BCUT2D eigenvalue weighted by molar-refractivity contribution is 0.0922. The van der Waals surface area contributed by atoms with Crippen LogP contribution in [0.1, 0.15) is 52.7 Å². The topological polar surface area (TPSA) is 75.3 Å². The number of hydrogen-bond acceptors (Lipinski definition) is 3. The number of carbonyl (C=O) groups excluding carboxylic acids is 1. The summed E-state index contributed by atoms with van der Waals surface area (Å²) in [6.07, 6.45) is 4.71. The lowest BCUT2D eigenvalue weighted by atomic mass is 9.95. The lowest BCUT2D eigenvalue weighted by Gasteiger charge is -2.23. The zero-order valence-corrected chi connectivity index (χ0v) is 18.0. The number of hydrogen-bond donors (Lipinski definition) is 2. The summed E-state index contributed by atoms with van der Waals surface area (Å²) in [6, 6.07) is 10.8. The second-order valence-corrected chi connectivity index (χ2v) is 10.3. The highest BCUT2D eigenvalue weighted by molar-refractivity contribution is 7.92. The van der Waals surface area contributed by atoms with Gasteiger partial charge < -0.3 is 5.32 Å². The third kappa shape index (κ3) is 4.04.